The van der Waals surface area contributed by atoms with Crippen LogP contribution >= 0.6 is 0 Å². The van der Waals surface area contributed by atoms with Crippen LogP contribution in [0.3, 0.4) is 0 Å². The fraction of sp³-hybridized carbons (Fsp3) is 0.0204. The van der Waals surface area contributed by atoms with Crippen molar-refractivity contribution in [2.24, 2.45) is 0 Å². The molecule has 9 rings (SSSR count). The number of anilines is 2. The Hall–Kier alpha value is -6.64. The molecule has 0 saturated heterocycles. The lowest BCUT2D eigenvalue weighted by Crippen LogP contribution is -2.17. The molecule has 8 aromatic carbocycles. The number of hydrogen-bond acceptors (Lipinski definition) is 1. The minimum Gasteiger partial charge on any atom is -0.337 e. The molecular formula is C49H36N2. The van der Waals surface area contributed by atoms with Crippen LogP contribution in [-0.4, -0.2) is 4.57 Å². The molecule has 242 valence electrons. The van der Waals surface area contributed by atoms with Gasteiger partial charge in [0.25, 0.3) is 0 Å². The fourth-order valence-electron chi connectivity index (χ4n) is 7.40. The smallest absolute Gasteiger partial charge is 0.0547 e. The Bertz CT molecular complexity index is 2520. The van der Waals surface area contributed by atoms with Gasteiger partial charge in [-0.3, -0.25) is 0 Å². The highest BCUT2D eigenvalue weighted by atomic mass is 15.1. The maximum Gasteiger partial charge on any atom is 0.0547 e. The van der Waals surface area contributed by atoms with E-state index in [1.54, 1.807) is 0 Å². The Balaban J connectivity index is 1.18. The van der Waals surface area contributed by atoms with Gasteiger partial charge in [0.05, 0.1) is 11.0 Å². The van der Waals surface area contributed by atoms with E-state index in [-0.39, 0.29) is 0 Å². The van der Waals surface area contributed by atoms with Crippen LogP contribution in [-0.2, 0) is 6.54 Å². The second-order valence-electron chi connectivity index (χ2n) is 13.0. The Morgan fingerprint density at radius 2 is 0.882 bits per heavy atom. The molecule has 0 spiro atoms. The molecule has 0 aliphatic carbocycles. The molecule has 0 saturated carbocycles. The zero-order chi connectivity index (χ0) is 34.0. The third-order valence-electron chi connectivity index (χ3n) is 9.87. The lowest BCUT2D eigenvalue weighted by molar-refractivity contribution is 0.978. The summed E-state index contributed by atoms with van der Waals surface area (Å²) in [5.41, 5.74) is 14.4. The molecule has 0 bridgehead atoms. The lowest BCUT2D eigenvalue weighted by Gasteiger charge is -2.27. The molecule has 0 radical (unpaired) electrons. The van der Waals surface area contributed by atoms with Crippen molar-refractivity contribution >= 4 is 33.2 Å². The average molecular weight is 653 g/mol. The second kappa shape index (κ2) is 13.3. The molecule has 9 aromatic rings. The molecular weight excluding hydrogens is 617 g/mol. The molecule has 0 amide bonds. The van der Waals surface area contributed by atoms with E-state index in [1.165, 1.54) is 60.8 Å². The van der Waals surface area contributed by atoms with Crippen molar-refractivity contribution < 1.29 is 0 Å². The Morgan fingerprint density at radius 1 is 0.353 bits per heavy atom. The van der Waals surface area contributed by atoms with Crippen LogP contribution < -0.4 is 4.90 Å². The molecule has 0 fully saturated rings. The maximum absolute atomic E-state index is 2.46. The zero-order valence-corrected chi connectivity index (χ0v) is 28.2. The van der Waals surface area contributed by atoms with Crippen LogP contribution in [0.25, 0.3) is 60.9 Å². The molecule has 51 heavy (non-hydrogen) atoms. The van der Waals surface area contributed by atoms with Gasteiger partial charge in [-0.25, -0.2) is 0 Å². The number of aromatic nitrogens is 1. The number of rotatable bonds is 8. The van der Waals surface area contributed by atoms with Crippen LogP contribution in [0, 0.1) is 0 Å². The van der Waals surface area contributed by atoms with Crippen molar-refractivity contribution in [3.63, 3.8) is 0 Å². The molecule has 1 heterocycles. The molecule has 0 aliphatic heterocycles. The van der Waals surface area contributed by atoms with Gasteiger partial charge in [0.2, 0.25) is 0 Å². The summed E-state index contributed by atoms with van der Waals surface area (Å²) in [7, 11) is 0. The van der Waals surface area contributed by atoms with Gasteiger partial charge in [0.15, 0.2) is 0 Å². The Kier molecular flexibility index (Phi) is 7.96. The van der Waals surface area contributed by atoms with E-state index >= 15 is 0 Å². The van der Waals surface area contributed by atoms with Gasteiger partial charge in [-0.05, 0) is 87.5 Å². The minimum atomic E-state index is 0.701. The Morgan fingerprint density at radius 3 is 1.55 bits per heavy atom. The average Bonchev–Trinajstić information content (AvgIpc) is 3.55. The number of para-hydroxylation sites is 2. The molecule has 2 nitrogen and oxygen atoms in total. The van der Waals surface area contributed by atoms with Gasteiger partial charge in [-0.1, -0.05) is 158 Å². The fourth-order valence-corrected chi connectivity index (χ4v) is 7.40. The van der Waals surface area contributed by atoms with Crippen LogP contribution in [0.4, 0.5) is 11.4 Å². The summed E-state index contributed by atoms with van der Waals surface area (Å²) in [6, 6.07) is 74.4. The van der Waals surface area contributed by atoms with Crippen molar-refractivity contribution in [1.82, 2.24) is 4.57 Å². The van der Waals surface area contributed by atoms with Crippen LogP contribution in [0.1, 0.15) is 5.56 Å². The number of nitrogens with zero attached hydrogens (tertiary/aromatic N) is 2. The lowest BCUT2D eigenvalue weighted by atomic mass is 9.97. The topological polar surface area (TPSA) is 8.17 Å². The highest BCUT2D eigenvalue weighted by Gasteiger charge is 2.18. The summed E-state index contributed by atoms with van der Waals surface area (Å²) in [5, 5.41) is 2.52. The summed E-state index contributed by atoms with van der Waals surface area (Å²) < 4.78 is 2.40. The molecule has 0 unspecified atom stereocenters. The summed E-state index contributed by atoms with van der Waals surface area (Å²) in [6.45, 7) is 0.701. The highest BCUT2D eigenvalue weighted by Crippen LogP contribution is 2.38. The van der Waals surface area contributed by atoms with Crippen molar-refractivity contribution in [2.45, 2.75) is 6.54 Å². The molecule has 0 atom stereocenters. The Labute approximate surface area is 299 Å². The van der Waals surface area contributed by atoms with E-state index in [2.05, 4.69) is 216 Å². The first kappa shape index (κ1) is 30.4. The second-order valence-corrected chi connectivity index (χ2v) is 13.0. The first-order chi connectivity index (χ1) is 25.3. The molecule has 0 aliphatic rings. The van der Waals surface area contributed by atoms with Crippen molar-refractivity contribution in [3.05, 3.63) is 212 Å². The summed E-state index contributed by atoms with van der Waals surface area (Å²) >= 11 is 0. The first-order valence-electron chi connectivity index (χ1n) is 17.6. The van der Waals surface area contributed by atoms with Crippen molar-refractivity contribution in [1.29, 1.82) is 0 Å². The van der Waals surface area contributed by atoms with Gasteiger partial charge in [0, 0.05) is 34.4 Å². The minimum absolute atomic E-state index is 0.701. The number of fused-ring (bicyclic) bond motifs is 3. The standard InChI is InChI=1S/C49H36N2/c1-4-16-36(17-5-1)38-21-14-25-43(32-38)50(44-26-15-22-39(33-44)37-18-6-2-7-19-37)35-41-20-10-11-27-45(41)40-30-31-47-46-28-12-13-29-48(46)51(49(47)34-40)42-23-8-3-9-24-42/h1-34H,35H2. The number of hydrogen-bond donors (Lipinski definition) is 0. The zero-order valence-electron chi connectivity index (χ0n) is 28.2. The van der Waals surface area contributed by atoms with E-state index in [1.807, 2.05) is 0 Å². The predicted molar refractivity (Wildman–Crippen MR) is 216 cm³/mol. The van der Waals surface area contributed by atoms with E-state index < -0.39 is 0 Å². The van der Waals surface area contributed by atoms with E-state index in [0.29, 0.717) is 6.54 Å². The maximum atomic E-state index is 2.46. The normalized spacial score (nSPS) is 11.2. The third-order valence-corrected chi connectivity index (χ3v) is 9.87. The largest absolute Gasteiger partial charge is 0.337 e. The number of benzene rings is 8. The highest BCUT2D eigenvalue weighted by molar-refractivity contribution is 6.10. The predicted octanol–water partition coefficient (Wildman–Crippen LogP) is 13.1. The third kappa shape index (κ3) is 5.88. The molecule has 0 N–H and O–H groups in total. The summed E-state index contributed by atoms with van der Waals surface area (Å²) in [4.78, 5) is 2.46. The molecule has 1 aromatic heterocycles. The van der Waals surface area contributed by atoms with Gasteiger partial charge in [0.1, 0.15) is 0 Å². The van der Waals surface area contributed by atoms with Crippen molar-refractivity contribution in [3.8, 4) is 39.1 Å². The van der Waals surface area contributed by atoms with Gasteiger partial charge in [-0.15, -0.1) is 0 Å². The quantitative estimate of drug-likeness (QED) is 0.159. The van der Waals surface area contributed by atoms with Gasteiger partial charge in [-0.2, -0.15) is 0 Å². The molecule has 2 heteroatoms. The van der Waals surface area contributed by atoms with E-state index in [4.69, 9.17) is 0 Å². The van der Waals surface area contributed by atoms with E-state index in [0.717, 1.165) is 17.1 Å². The van der Waals surface area contributed by atoms with Crippen molar-refractivity contribution in [2.75, 3.05) is 4.90 Å². The summed E-state index contributed by atoms with van der Waals surface area (Å²) in [5.74, 6) is 0. The van der Waals surface area contributed by atoms with Crippen LogP contribution in [0.2, 0.25) is 0 Å². The summed E-state index contributed by atoms with van der Waals surface area (Å²) in [6.07, 6.45) is 0. The SMILES string of the molecule is c1ccc(-c2cccc(N(Cc3ccccc3-c3ccc4c5ccccc5n(-c5ccccc5)c4c3)c3cccc(-c4ccccc4)c3)c2)cc1. The monoisotopic (exact) mass is 652 g/mol. The van der Waals surface area contributed by atoms with E-state index in [9.17, 15) is 0 Å². The van der Waals surface area contributed by atoms with Crippen LogP contribution in [0.5, 0.6) is 0 Å². The van der Waals surface area contributed by atoms with Crippen LogP contribution in [0.15, 0.2) is 206 Å². The van der Waals surface area contributed by atoms with Gasteiger partial charge >= 0.3 is 0 Å². The van der Waals surface area contributed by atoms with Gasteiger partial charge < -0.3 is 9.47 Å². The first-order valence-corrected chi connectivity index (χ1v) is 17.6.